The normalized spacial score (nSPS) is 29.9. The molecule has 3 aliphatic rings. The number of piperidine rings is 2. The van der Waals surface area contributed by atoms with Gasteiger partial charge in [-0.2, -0.15) is 0 Å². The lowest BCUT2D eigenvalue weighted by Gasteiger charge is -2.40. The van der Waals surface area contributed by atoms with Crippen LogP contribution in [0.5, 0.6) is 0 Å². The average Bonchev–Trinajstić information content (AvgIpc) is 2.93. The van der Waals surface area contributed by atoms with Crippen molar-refractivity contribution in [1.82, 2.24) is 25.8 Å². The van der Waals surface area contributed by atoms with Crippen LogP contribution in [0.4, 0.5) is 4.79 Å². The fraction of sp³-hybridized carbons (Fsp3) is 0.842. The molecule has 0 aromatic heterocycles. The molecule has 8 nitrogen and oxygen atoms in total. The van der Waals surface area contributed by atoms with E-state index in [2.05, 4.69) is 37.7 Å². The van der Waals surface area contributed by atoms with E-state index in [1.54, 1.807) is 0 Å². The molecule has 0 radical (unpaired) electrons. The number of halogens is 1. The van der Waals surface area contributed by atoms with Crippen LogP contribution in [0.1, 0.15) is 46.0 Å². The minimum absolute atomic E-state index is 0. The molecular formula is C19H35IN6O2. The van der Waals surface area contributed by atoms with Crippen LogP contribution in [0, 0.1) is 5.92 Å². The standard InChI is InChI=1S/C19H34N6O2.HI/c1-14-6-4-5-10-24(14)13-9-21-17(20-3)25-11-7-15(8-12-25)19(2)16(26)22-18(27)23-19;/h14-15H,4-13H2,1-3H3,(H,20,21)(H2,22,23,26,27);1H. The molecule has 3 N–H and O–H groups in total. The number of likely N-dealkylation sites (tertiary alicyclic amines) is 2. The van der Waals surface area contributed by atoms with Crippen molar-refractivity contribution < 1.29 is 9.59 Å². The third-order valence-corrected chi connectivity index (χ3v) is 6.52. The maximum Gasteiger partial charge on any atom is 0.322 e. The first-order valence-electron chi connectivity index (χ1n) is 10.3. The molecule has 160 valence electrons. The fourth-order valence-electron chi connectivity index (χ4n) is 4.65. The second-order valence-corrected chi connectivity index (χ2v) is 8.23. The van der Waals surface area contributed by atoms with Gasteiger partial charge in [0.1, 0.15) is 5.54 Å². The monoisotopic (exact) mass is 506 g/mol. The lowest BCUT2D eigenvalue weighted by atomic mass is 9.79. The predicted octanol–water partition coefficient (Wildman–Crippen LogP) is 1.36. The molecule has 2 unspecified atom stereocenters. The molecule has 2 atom stereocenters. The Hall–Kier alpha value is -1.10. The smallest absolute Gasteiger partial charge is 0.322 e. The summed E-state index contributed by atoms with van der Waals surface area (Å²) in [5.74, 6) is 0.875. The number of urea groups is 1. The van der Waals surface area contributed by atoms with Gasteiger partial charge in [0.05, 0.1) is 0 Å². The van der Waals surface area contributed by atoms with Gasteiger partial charge in [-0.3, -0.25) is 20.0 Å². The largest absolute Gasteiger partial charge is 0.355 e. The molecule has 3 fully saturated rings. The zero-order chi connectivity index (χ0) is 19.4. The maximum absolute atomic E-state index is 12.1. The van der Waals surface area contributed by atoms with Crippen molar-refractivity contribution in [3.05, 3.63) is 0 Å². The van der Waals surface area contributed by atoms with Gasteiger partial charge in [-0.05, 0) is 52.0 Å². The van der Waals surface area contributed by atoms with Gasteiger partial charge < -0.3 is 15.5 Å². The van der Waals surface area contributed by atoms with Crippen molar-refractivity contribution in [1.29, 1.82) is 0 Å². The minimum Gasteiger partial charge on any atom is -0.355 e. The van der Waals surface area contributed by atoms with Crippen molar-refractivity contribution in [2.45, 2.75) is 57.5 Å². The second-order valence-electron chi connectivity index (χ2n) is 8.23. The van der Waals surface area contributed by atoms with Gasteiger partial charge in [0.2, 0.25) is 0 Å². The highest BCUT2D eigenvalue weighted by Gasteiger charge is 2.48. The van der Waals surface area contributed by atoms with Gasteiger partial charge in [-0.25, -0.2) is 4.79 Å². The predicted molar refractivity (Wildman–Crippen MR) is 121 cm³/mol. The Morgan fingerprint density at radius 2 is 1.93 bits per heavy atom. The van der Waals surface area contributed by atoms with Crippen molar-refractivity contribution >= 4 is 41.9 Å². The van der Waals surface area contributed by atoms with Crippen LogP contribution in [0.15, 0.2) is 4.99 Å². The van der Waals surface area contributed by atoms with Gasteiger partial charge in [0, 0.05) is 39.3 Å². The summed E-state index contributed by atoms with van der Waals surface area (Å²) in [6.07, 6.45) is 5.65. The molecule has 0 aromatic carbocycles. The number of carbonyl (C=O) groups is 2. The van der Waals surface area contributed by atoms with Crippen LogP contribution in [0.25, 0.3) is 0 Å². The molecule has 0 aliphatic carbocycles. The SMILES string of the molecule is CN=C(NCCN1CCCCC1C)N1CCC(C2(C)NC(=O)NC2=O)CC1.I. The Labute approximate surface area is 185 Å². The number of nitrogens with zero attached hydrogens (tertiary/aromatic N) is 3. The first kappa shape index (κ1) is 23.2. The fourth-order valence-corrected chi connectivity index (χ4v) is 4.65. The summed E-state index contributed by atoms with van der Waals surface area (Å²) in [6, 6.07) is 0.293. The molecule has 3 rings (SSSR count). The van der Waals surface area contributed by atoms with Gasteiger partial charge in [-0.15, -0.1) is 24.0 Å². The van der Waals surface area contributed by atoms with Gasteiger partial charge >= 0.3 is 6.03 Å². The first-order valence-corrected chi connectivity index (χ1v) is 10.3. The molecule has 0 aromatic rings. The molecule has 9 heteroatoms. The van der Waals surface area contributed by atoms with Gasteiger partial charge in [0.15, 0.2) is 5.96 Å². The lowest BCUT2D eigenvalue weighted by Crippen LogP contribution is -2.55. The van der Waals surface area contributed by atoms with Crippen LogP contribution in [-0.4, -0.2) is 79.0 Å². The first-order chi connectivity index (χ1) is 12.9. The molecular weight excluding hydrogens is 471 g/mol. The van der Waals surface area contributed by atoms with E-state index in [4.69, 9.17) is 0 Å². The summed E-state index contributed by atoms with van der Waals surface area (Å²) in [7, 11) is 1.82. The number of carbonyl (C=O) groups excluding carboxylic acids is 2. The minimum atomic E-state index is -0.787. The summed E-state index contributed by atoms with van der Waals surface area (Å²) in [5.41, 5.74) is -0.787. The second kappa shape index (κ2) is 10.1. The Morgan fingerprint density at radius 1 is 1.21 bits per heavy atom. The van der Waals surface area contributed by atoms with E-state index in [-0.39, 0.29) is 41.8 Å². The van der Waals surface area contributed by atoms with E-state index in [0.29, 0.717) is 6.04 Å². The van der Waals surface area contributed by atoms with Crippen LogP contribution >= 0.6 is 24.0 Å². The number of imide groups is 1. The third kappa shape index (κ3) is 5.08. The summed E-state index contributed by atoms with van der Waals surface area (Å²) in [5, 5.41) is 8.68. The molecule has 0 bridgehead atoms. The quantitative estimate of drug-likeness (QED) is 0.232. The third-order valence-electron chi connectivity index (χ3n) is 6.52. The number of aliphatic imine (C=N–C) groups is 1. The van der Waals surface area contributed by atoms with E-state index >= 15 is 0 Å². The highest BCUT2D eigenvalue weighted by molar-refractivity contribution is 14.0. The topological polar surface area (TPSA) is 89.1 Å². The summed E-state index contributed by atoms with van der Waals surface area (Å²) in [6.45, 7) is 8.96. The van der Waals surface area contributed by atoms with Crippen molar-refractivity contribution in [2.75, 3.05) is 39.8 Å². The van der Waals surface area contributed by atoms with E-state index < -0.39 is 5.54 Å². The Kier molecular flexibility index (Phi) is 8.35. The molecule has 0 spiro atoms. The number of guanidine groups is 1. The Balaban J connectivity index is 0.00000280. The lowest BCUT2D eigenvalue weighted by molar-refractivity contribution is -0.125. The van der Waals surface area contributed by atoms with Crippen molar-refractivity contribution in [3.63, 3.8) is 0 Å². The molecule has 28 heavy (non-hydrogen) atoms. The van der Waals surface area contributed by atoms with Crippen LogP contribution < -0.4 is 16.0 Å². The summed E-state index contributed by atoms with van der Waals surface area (Å²) >= 11 is 0. The highest BCUT2D eigenvalue weighted by Crippen LogP contribution is 2.30. The average molecular weight is 506 g/mol. The molecule has 0 saturated carbocycles. The molecule has 3 amide bonds. The number of rotatable bonds is 4. The van der Waals surface area contributed by atoms with Crippen molar-refractivity contribution in [3.8, 4) is 0 Å². The zero-order valence-corrected chi connectivity index (χ0v) is 19.6. The summed E-state index contributed by atoms with van der Waals surface area (Å²) in [4.78, 5) is 32.9. The Bertz CT molecular complexity index is 593. The van der Waals surface area contributed by atoms with Crippen LogP contribution in [-0.2, 0) is 4.79 Å². The number of hydrogen-bond acceptors (Lipinski definition) is 4. The molecule has 3 saturated heterocycles. The summed E-state index contributed by atoms with van der Waals surface area (Å²) < 4.78 is 0. The van der Waals surface area contributed by atoms with E-state index in [9.17, 15) is 9.59 Å². The zero-order valence-electron chi connectivity index (χ0n) is 17.3. The Morgan fingerprint density at radius 3 is 2.50 bits per heavy atom. The van der Waals surface area contributed by atoms with Crippen LogP contribution in [0.3, 0.4) is 0 Å². The number of hydrogen-bond donors (Lipinski definition) is 3. The molecule has 3 aliphatic heterocycles. The van der Waals surface area contributed by atoms with E-state index in [0.717, 1.165) is 45.0 Å². The molecule has 3 heterocycles. The van der Waals surface area contributed by atoms with Crippen LogP contribution in [0.2, 0.25) is 0 Å². The van der Waals surface area contributed by atoms with E-state index in [1.165, 1.54) is 25.8 Å². The van der Waals surface area contributed by atoms with E-state index in [1.807, 2.05) is 14.0 Å². The number of nitrogens with one attached hydrogen (secondary N) is 3. The van der Waals surface area contributed by atoms with Crippen molar-refractivity contribution in [2.24, 2.45) is 10.9 Å². The van der Waals surface area contributed by atoms with Gasteiger partial charge in [-0.1, -0.05) is 6.42 Å². The highest BCUT2D eigenvalue weighted by atomic mass is 127. The van der Waals surface area contributed by atoms with Gasteiger partial charge in [0.25, 0.3) is 5.91 Å². The maximum atomic E-state index is 12.1. The number of amides is 3.